The van der Waals surface area contributed by atoms with Crippen LogP contribution in [-0.4, -0.2) is 41.8 Å². The Hall–Kier alpha value is -1.36. The summed E-state index contributed by atoms with van der Waals surface area (Å²) in [5.41, 5.74) is 7.38. The summed E-state index contributed by atoms with van der Waals surface area (Å²) in [5.74, 6) is 0.870. The third kappa shape index (κ3) is 2.09. The van der Waals surface area contributed by atoms with Crippen LogP contribution >= 0.6 is 0 Å². The lowest BCUT2D eigenvalue weighted by Gasteiger charge is -2.13. The number of hydrogen-bond donors (Lipinski definition) is 1. The molecule has 0 bridgehead atoms. The van der Waals surface area contributed by atoms with Crippen molar-refractivity contribution in [2.45, 2.75) is 19.3 Å². The fourth-order valence-electron chi connectivity index (χ4n) is 2.13. The van der Waals surface area contributed by atoms with E-state index in [1.54, 1.807) is 7.11 Å². The number of hydrogen-bond acceptors (Lipinski definition) is 5. The second-order valence-electron chi connectivity index (χ2n) is 4.11. The van der Waals surface area contributed by atoms with Crippen molar-refractivity contribution < 1.29 is 4.74 Å². The molecule has 1 aromatic heterocycles. The van der Waals surface area contributed by atoms with Gasteiger partial charge in [0.25, 0.3) is 5.88 Å². The van der Waals surface area contributed by atoms with Crippen molar-refractivity contribution in [1.82, 2.24) is 15.1 Å². The van der Waals surface area contributed by atoms with E-state index < -0.39 is 0 Å². The van der Waals surface area contributed by atoms with Crippen molar-refractivity contribution in [1.29, 1.82) is 0 Å². The normalized spacial score (nSPS) is 21.2. The Bertz CT molecular complexity index is 369. The zero-order valence-corrected chi connectivity index (χ0v) is 9.81. The minimum absolute atomic E-state index is 0.411. The first-order valence-corrected chi connectivity index (χ1v) is 5.64. The Labute approximate surface area is 95.6 Å². The minimum atomic E-state index is 0.411. The third-order valence-corrected chi connectivity index (χ3v) is 3.14. The van der Waals surface area contributed by atoms with Crippen LogP contribution in [0.15, 0.2) is 6.07 Å². The van der Waals surface area contributed by atoms with Crippen LogP contribution in [0.5, 0.6) is 5.88 Å². The second-order valence-corrected chi connectivity index (χ2v) is 4.11. The van der Waals surface area contributed by atoms with Gasteiger partial charge in [0, 0.05) is 12.5 Å². The number of nitrogens with two attached hydrogens (primary N) is 1. The van der Waals surface area contributed by atoms with Crippen molar-refractivity contribution in [2.75, 3.05) is 32.5 Å². The molecule has 0 amide bonds. The lowest BCUT2D eigenvalue weighted by molar-refractivity contribution is 0.352. The van der Waals surface area contributed by atoms with Crippen molar-refractivity contribution >= 4 is 5.69 Å². The Kier molecular flexibility index (Phi) is 3.24. The van der Waals surface area contributed by atoms with Gasteiger partial charge in [0.15, 0.2) is 0 Å². The summed E-state index contributed by atoms with van der Waals surface area (Å²) >= 11 is 0. The number of rotatable bonds is 3. The van der Waals surface area contributed by atoms with Gasteiger partial charge in [-0.15, -0.1) is 5.10 Å². The molecule has 1 fully saturated rings. The number of nitrogen functional groups attached to an aromatic ring is 1. The molecule has 88 valence electrons. The average Bonchev–Trinajstić information content (AvgIpc) is 2.77. The van der Waals surface area contributed by atoms with Gasteiger partial charge in [-0.3, -0.25) is 0 Å². The first-order valence-electron chi connectivity index (χ1n) is 5.64. The van der Waals surface area contributed by atoms with E-state index in [1.807, 2.05) is 6.07 Å². The van der Waals surface area contributed by atoms with E-state index in [0.29, 0.717) is 17.5 Å². The van der Waals surface area contributed by atoms with Crippen LogP contribution in [0.4, 0.5) is 5.69 Å². The van der Waals surface area contributed by atoms with Crippen LogP contribution < -0.4 is 10.5 Å². The highest BCUT2D eigenvalue weighted by Crippen LogP contribution is 2.28. The van der Waals surface area contributed by atoms with Crippen LogP contribution in [0.3, 0.4) is 0 Å². The molecule has 1 atom stereocenters. The van der Waals surface area contributed by atoms with Gasteiger partial charge < -0.3 is 15.4 Å². The minimum Gasteiger partial charge on any atom is -0.478 e. The number of methoxy groups -OCH3 is 1. The third-order valence-electron chi connectivity index (χ3n) is 3.14. The molecule has 0 saturated carbocycles. The van der Waals surface area contributed by atoms with E-state index in [2.05, 4.69) is 22.0 Å². The van der Waals surface area contributed by atoms with Gasteiger partial charge >= 0.3 is 0 Å². The van der Waals surface area contributed by atoms with Crippen LogP contribution in [0, 0.1) is 0 Å². The number of likely N-dealkylation sites (tertiary alicyclic amines) is 1. The van der Waals surface area contributed by atoms with Gasteiger partial charge in [0.1, 0.15) is 0 Å². The molecule has 2 heterocycles. The molecule has 0 spiro atoms. The molecule has 16 heavy (non-hydrogen) atoms. The largest absolute Gasteiger partial charge is 0.478 e. The second kappa shape index (κ2) is 4.65. The highest BCUT2D eigenvalue weighted by atomic mass is 16.5. The van der Waals surface area contributed by atoms with Gasteiger partial charge in [-0.25, -0.2) is 0 Å². The molecule has 2 rings (SSSR count). The van der Waals surface area contributed by atoms with Crippen molar-refractivity contribution in [3.05, 3.63) is 11.8 Å². The van der Waals surface area contributed by atoms with Gasteiger partial charge in [0.05, 0.1) is 18.5 Å². The van der Waals surface area contributed by atoms with Crippen molar-refractivity contribution in [3.8, 4) is 5.88 Å². The standard InChI is InChI=1S/C11H18N4O/c1-3-15-5-4-8(7-15)10-6-9(12)11(16-2)14-13-10/h6,8H,3-5,7H2,1-2H3,(H2,12,13). The molecule has 0 radical (unpaired) electrons. The van der Waals surface area contributed by atoms with Gasteiger partial charge in [-0.2, -0.15) is 5.10 Å². The molecule has 5 heteroatoms. The van der Waals surface area contributed by atoms with E-state index in [0.717, 1.165) is 31.7 Å². The van der Waals surface area contributed by atoms with Crippen molar-refractivity contribution in [2.24, 2.45) is 0 Å². The Morgan fingerprint density at radius 1 is 1.56 bits per heavy atom. The topological polar surface area (TPSA) is 64.3 Å². The smallest absolute Gasteiger partial charge is 0.256 e. The summed E-state index contributed by atoms with van der Waals surface area (Å²) in [5, 5.41) is 8.16. The summed E-state index contributed by atoms with van der Waals surface area (Å²) in [6.45, 7) is 5.46. The molecule has 5 nitrogen and oxygen atoms in total. The van der Waals surface area contributed by atoms with Crippen LogP contribution in [0.1, 0.15) is 25.0 Å². The predicted molar refractivity (Wildman–Crippen MR) is 62.5 cm³/mol. The Morgan fingerprint density at radius 3 is 2.94 bits per heavy atom. The Morgan fingerprint density at radius 2 is 2.38 bits per heavy atom. The summed E-state index contributed by atoms with van der Waals surface area (Å²) < 4.78 is 5.00. The van der Waals surface area contributed by atoms with E-state index >= 15 is 0 Å². The fraction of sp³-hybridized carbons (Fsp3) is 0.636. The van der Waals surface area contributed by atoms with Gasteiger partial charge in [0.2, 0.25) is 0 Å². The van der Waals surface area contributed by atoms with E-state index in [9.17, 15) is 0 Å². The van der Waals surface area contributed by atoms with Crippen molar-refractivity contribution in [3.63, 3.8) is 0 Å². The summed E-state index contributed by atoms with van der Waals surface area (Å²) in [4.78, 5) is 2.41. The Balaban J connectivity index is 2.13. The maximum absolute atomic E-state index is 5.83. The summed E-state index contributed by atoms with van der Waals surface area (Å²) in [7, 11) is 1.55. The number of likely N-dealkylation sites (N-methyl/N-ethyl adjacent to an activating group) is 1. The molecule has 0 aliphatic carbocycles. The molecule has 1 unspecified atom stereocenters. The highest BCUT2D eigenvalue weighted by Gasteiger charge is 2.24. The SMILES string of the molecule is CCN1CCC(c2cc(N)c(OC)nn2)C1. The quantitative estimate of drug-likeness (QED) is 0.822. The van der Waals surface area contributed by atoms with Crippen LogP contribution in [0.25, 0.3) is 0 Å². The molecule has 1 aliphatic rings. The zero-order valence-electron chi connectivity index (χ0n) is 9.81. The zero-order chi connectivity index (χ0) is 11.5. The van der Waals surface area contributed by atoms with Gasteiger partial charge in [-0.05, 0) is 25.6 Å². The fourth-order valence-corrected chi connectivity index (χ4v) is 2.13. The number of ether oxygens (including phenoxy) is 1. The molecule has 1 aliphatic heterocycles. The number of nitrogens with zero attached hydrogens (tertiary/aromatic N) is 3. The summed E-state index contributed by atoms with van der Waals surface area (Å²) in [6, 6.07) is 1.88. The first kappa shape index (κ1) is 11.1. The van der Waals surface area contributed by atoms with E-state index in [4.69, 9.17) is 10.5 Å². The van der Waals surface area contributed by atoms with E-state index in [-0.39, 0.29) is 0 Å². The lowest BCUT2D eigenvalue weighted by atomic mass is 10.0. The lowest BCUT2D eigenvalue weighted by Crippen LogP contribution is -2.19. The van der Waals surface area contributed by atoms with Gasteiger partial charge in [-0.1, -0.05) is 6.92 Å². The number of anilines is 1. The molecule has 0 aromatic carbocycles. The molecule has 1 aromatic rings. The summed E-state index contributed by atoms with van der Waals surface area (Å²) in [6.07, 6.45) is 1.13. The van der Waals surface area contributed by atoms with Crippen LogP contribution in [-0.2, 0) is 0 Å². The first-order chi connectivity index (χ1) is 7.74. The maximum Gasteiger partial charge on any atom is 0.256 e. The molecule has 1 saturated heterocycles. The van der Waals surface area contributed by atoms with E-state index in [1.165, 1.54) is 0 Å². The molecule has 2 N–H and O–H groups in total. The highest BCUT2D eigenvalue weighted by molar-refractivity contribution is 5.48. The predicted octanol–water partition coefficient (Wildman–Crippen LogP) is 0.877. The monoisotopic (exact) mass is 222 g/mol. The maximum atomic E-state index is 5.83. The van der Waals surface area contributed by atoms with Crippen LogP contribution in [0.2, 0.25) is 0 Å². The average molecular weight is 222 g/mol. The molecular weight excluding hydrogens is 204 g/mol. The number of aromatic nitrogens is 2. The molecular formula is C11H18N4O.